The Bertz CT molecular complexity index is 322. The third-order valence-electron chi connectivity index (χ3n) is 6.57. The van der Waals surface area contributed by atoms with Gasteiger partial charge in [-0.1, -0.05) is 33.6 Å². The van der Waals surface area contributed by atoms with Gasteiger partial charge in [0, 0.05) is 18.1 Å². The maximum atomic E-state index is 3.81. The maximum Gasteiger partial charge on any atom is 0.0252 e. The normalized spacial score (nSPS) is 42.6. The van der Waals surface area contributed by atoms with Gasteiger partial charge in [0.1, 0.15) is 0 Å². The highest BCUT2D eigenvalue weighted by atomic mass is 15.2. The Morgan fingerprint density at radius 1 is 0.952 bits per heavy atom. The van der Waals surface area contributed by atoms with E-state index in [-0.39, 0.29) is 0 Å². The van der Waals surface area contributed by atoms with E-state index in [1.54, 1.807) is 0 Å². The monoisotopic (exact) mass is 292 g/mol. The standard InChI is InChI=1S/C19H36N2/c1-14(2)16-10-9-15(3)13-19(16)21-12-5-4-8-18(21)17-7-6-11-20-17/h14-20H,4-13H2,1-3H3. The molecule has 2 heterocycles. The fourth-order valence-electron chi connectivity index (χ4n) is 5.40. The molecule has 21 heavy (non-hydrogen) atoms. The lowest BCUT2D eigenvalue weighted by Gasteiger charge is -2.50. The summed E-state index contributed by atoms with van der Waals surface area (Å²) in [7, 11) is 0. The Morgan fingerprint density at radius 3 is 2.52 bits per heavy atom. The molecule has 0 amide bonds. The minimum atomic E-state index is 0.787. The summed E-state index contributed by atoms with van der Waals surface area (Å²) in [5.41, 5.74) is 0. The van der Waals surface area contributed by atoms with Crippen LogP contribution in [-0.2, 0) is 0 Å². The van der Waals surface area contributed by atoms with Crippen molar-refractivity contribution >= 4 is 0 Å². The number of hydrogen-bond acceptors (Lipinski definition) is 2. The number of likely N-dealkylation sites (tertiary alicyclic amines) is 1. The van der Waals surface area contributed by atoms with E-state index < -0.39 is 0 Å². The van der Waals surface area contributed by atoms with Crippen LogP contribution in [0.5, 0.6) is 0 Å². The van der Waals surface area contributed by atoms with Crippen molar-refractivity contribution in [3.63, 3.8) is 0 Å². The van der Waals surface area contributed by atoms with Gasteiger partial charge < -0.3 is 5.32 Å². The molecule has 2 aliphatic heterocycles. The molecule has 2 nitrogen and oxygen atoms in total. The quantitative estimate of drug-likeness (QED) is 0.844. The summed E-state index contributed by atoms with van der Waals surface area (Å²) in [5, 5.41) is 3.81. The molecule has 0 bridgehead atoms. The highest BCUT2D eigenvalue weighted by Gasteiger charge is 2.40. The van der Waals surface area contributed by atoms with Gasteiger partial charge in [0.05, 0.1) is 0 Å². The molecule has 5 atom stereocenters. The summed E-state index contributed by atoms with van der Waals surface area (Å²) < 4.78 is 0. The Balaban J connectivity index is 1.76. The second kappa shape index (κ2) is 7.00. The zero-order chi connectivity index (χ0) is 14.8. The van der Waals surface area contributed by atoms with Crippen molar-refractivity contribution in [3.8, 4) is 0 Å². The van der Waals surface area contributed by atoms with Gasteiger partial charge >= 0.3 is 0 Å². The maximum absolute atomic E-state index is 3.81. The van der Waals surface area contributed by atoms with E-state index in [0.717, 1.165) is 35.9 Å². The van der Waals surface area contributed by atoms with E-state index in [9.17, 15) is 0 Å². The van der Waals surface area contributed by atoms with Crippen LogP contribution >= 0.6 is 0 Å². The predicted octanol–water partition coefficient (Wildman–Crippen LogP) is 4.05. The fourth-order valence-corrected chi connectivity index (χ4v) is 5.40. The lowest BCUT2D eigenvalue weighted by Crippen LogP contribution is -2.57. The zero-order valence-electron chi connectivity index (χ0n) is 14.5. The molecule has 0 aromatic carbocycles. The molecule has 1 N–H and O–H groups in total. The first-order valence-corrected chi connectivity index (χ1v) is 9.66. The van der Waals surface area contributed by atoms with Crippen LogP contribution in [0.25, 0.3) is 0 Å². The summed E-state index contributed by atoms with van der Waals surface area (Å²) in [6.07, 6.45) is 11.5. The first-order valence-electron chi connectivity index (χ1n) is 9.66. The lowest BCUT2D eigenvalue weighted by molar-refractivity contribution is -0.000484. The molecule has 3 fully saturated rings. The summed E-state index contributed by atoms with van der Waals surface area (Å²) >= 11 is 0. The molecule has 1 aliphatic carbocycles. The van der Waals surface area contributed by atoms with E-state index in [0.29, 0.717) is 0 Å². The average Bonchev–Trinajstić information content (AvgIpc) is 3.01. The summed E-state index contributed by atoms with van der Waals surface area (Å²) in [6, 6.07) is 2.48. The average molecular weight is 293 g/mol. The topological polar surface area (TPSA) is 15.3 Å². The van der Waals surface area contributed by atoms with E-state index >= 15 is 0 Å². The molecule has 0 spiro atoms. The Hall–Kier alpha value is -0.0800. The summed E-state index contributed by atoms with van der Waals surface area (Å²) in [4.78, 5) is 2.98. The molecule has 3 rings (SSSR count). The van der Waals surface area contributed by atoms with Crippen molar-refractivity contribution in [2.75, 3.05) is 13.1 Å². The molecule has 2 saturated heterocycles. The van der Waals surface area contributed by atoms with Crippen LogP contribution in [-0.4, -0.2) is 36.1 Å². The Kier molecular flexibility index (Phi) is 5.27. The predicted molar refractivity (Wildman–Crippen MR) is 90.5 cm³/mol. The second-order valence-corrected chi connectivity index (χ2v) is 8.40. The molecule has 0 aromatic heterocycles. The number of nitrogens with one attached hydrogen (secondary N) is 1. The highest BCUT2D eigenvalue weighted by Crippen LogP contribution is 2.39. The minimum absolute atomic E-state index is 0.787. The van der Waals surface area contributed by atoms with Gasteiger partial charge in [-0.25, -0.2) is 0 Å². The summed E-state index contributed by atoms with van der Waals surface area (Å²) in [6.45, 7) is 10.0. The minimum Gasteiger partial charge on any atom is -0.312 e. The van der Waals surface area contributed by atoms with E-state index in [1.807, 2.05) is 0 Å². The van der Waals surface area contributed by atoms with Crippen molar-refractivity contribution in [3.05, 3.63) is 0 Å². The molecule has 3 aliphatic rings. The molecule has 0 radical (unpaired) electrons. The van der Waals surface area contributed by atoms with Crippen LogP contribution < -0.4 is 5.32 Å². The zero-order valence-corrected chi connectivity index (χ0v) is 14.5. The van der Waals surface area contributed by atoms with Gasteiger partial charge in [-0.3, -0.25) is 4.90 Å². The van der Waals surface area contributed by atoms with Crippen molar-refractivity contribution < 1.29 is 0 Å². The van der Waals surface area contributed by atoms with E-state index in [1.165, 1.54) is 64.5 Å². The molecule has 1 saturated carbocycles. The number of hydrogen-bond donors (Lipinski definition) is 1. The molecule has 5 unspecified atom stereocenters. The summed E-state index contributed by atoms with van der Waals surface area (Å²) in [5.74, 6) is 2.72. The van der Waals surface area contributed by atoms with Crippen molar-refractivity contribution in [1.82, 2.24) is 10.2 Å². The number of nitrogens with zero attached hydrogens (tertiary/aromatic N) is 1. The van der Waals surface area contributed by atoms with E-state index in [4.69, 9.17) is 0 Å². The fraction of sp³-hybridized carbons (Fsp3) is 1.00. The van der Waals surface area contributed by atoms with Gasteiger partial charge in [-0.2, -0.15) is 0 Å². The van der Waals surface area contributed by atoms with Gasteiger partial charge in [0.25, 0.3) is 0 Å². The van der Waals surface area contributed by atoms with Gasteiger partial charge in [0.15, 0.2) is 0 Å². The Morgan fingerprint density at radius 2 is 1.81 bits per heavy atom. The van der Waals surface area contributed by atoms with Crippen LogP contribution in [0.1, 0.15) is 72.1 Å². The van der Waals surface area contributed by atoms with Crippen molar-refractivity contribution in [2.45, 2.75) is 90.3 Å². The molecular weight excluding hydrogens is 256 g/mol. The van der Waals surface area contributed by atoms with Crippen LogP contribution in [0.2, 0.25) is 0 Å². The highest BCUT2D eigenvalue weighted by molar-refractivity contribution is 4.97. The van der Waals surface area contributed by atoms with Crippen LogP contribution in [0.4, 0.5) is 0 Å². The third kappa shape index (κ3) is 3.47. The van der Waals surface area contributed by atoms with Crippen LogP contribution in [0, 0.1) is 17.8 Å². The first-order chi connectivity index (χ1) is 10.2. The van der Waals surface area contributed by atoms with Crippen LogP contribution in [0.3, 0.4) is 0 Å². The third-order valence-corrected chi connectivity index (χ3v) is 6.57. The lowest BCUT2D eigenvalue weighted by atomic mass is 9.72. The Labute approximate surface area is 132 Å². The second-order valence-electron chi connectivity index (χ2n) is 8.40. The van der Waals surface area contributed by atoms with Gasteiger partial charge in [-0.15, -0.1) is 0 Å². The SMILES string of the molecule is CC1CCC(C(C)C)C(N2CCCCC2C2CCCN2)C1. The van der Waals surface area contributed by atoms with Crippen LogP contribution in [0.15, 0.2) is 0 Å². The largest absolute Gasteiger partial charge is 0.312 e. The van der Waals surface area contributed by atoms with E-state index in [2.05, 4.69) is 31.0 Å². The molecular formula is C19H36N2. The van der Waals surface area contributed by atoms with Gasteiger partial charge in [0.2, 0.25) is 0 Å². The number of piperidine rings is 1. The van der Waals surface area contributed by atoms with Gasteiger partial charge in [-0.05, 0) is 69.4 Å². The smallest absolute Gasteiger partial charge is 0.0252 e. The molecule has 2 heteroatoms. The molecule has 0 aromatic rings. The van der Waals surface area contributed by atoms with Crippen molar-refractivity contribution in [1.29, 1.82) is 0 Å². The first kappa shape index (κ1) is 15.8. The number of rotatable bonds is 3. The molecule has 122 valence electrons. The van der Waals surface area contributed by atoms with Crippen molar-refractivity contribution in [2.24, 2.45) is 17.8 Å².